The van der Waals surface area contributed by atoms with Gasteiger partial charge in [-0.15, -0.1) is 0 Å². The summed E-state index contributed by atoms with van der Waals surface area (Å²) in [5, 5.41) is 10.4. The number of amides is 1. The molecule has 0 saturated carbocycles. The Kier molecular flexibility index (Phi) is 4.69. The van der Waals surface area contributed by atoms with E-state index in [2.05, 4.69) is 25.9 Å². The van der Waals surface area contributed by atoms with Gasteiger partial charge in [0, 0.05) is 47.0 Å². The summed E-state index contributed by atoms with van der Waals surface area (Å²) in [6, 6.07) is 9.48. The molecule has 6 heteroatoms. The molecule has 0 saturated heterocycles. The van der Waals surface area contributed by atoms with E-state index in [0.717, 1.165) is 26.6 Å². The van der Waals surface area contributed by atoms with Crippen molar-refractivity contribution in [2.75, 3.05) is 13.6 Å². The van der Waals surface area contributed by atoms with Crippen LogP contribution in [0.3, 0.4) is 0 Å². The number of nitrogens with one attached hydrogen (secondary N) is 1. The fourth-order valence-corrected chi connectivity index (χ4v) is 3.04. The van der Waals surface area contributed by atoms with Crippen molar-refractivity contribution in [3.8, 4) is 11.1 Å². The number of carbonyl (C=O) groups excluding carboxylic acids is 1. The number of aliphatic hydroxyl groups is 1. The standard InChI is InChI=1S/C18H18BrN3O2/c1-11(23)10-22(2)18(24)13-5-3-12(4-6-13)16-9-21-17-15(16)7-14(19)8-20-17/h3-9,11,23H,10H2,1-2H3,(H,20,21)/t11-/m0/s1. The number of aromatic nitrogens is 2. The van der Waals surface area contributed by atoms with Crippen molar-refractivity contribution < 1.29 is 9.90 Å². The Morgan fingerprint density at radius 1 is 1.38 bits per heavy atom. The second kappa shape index (κ2) is 6.75. The Hall–Kier alpha value is -2.18. The molecule has 2 heterocycles. The Bertz CT molecular complexity index is 872. The van der Waals surface area contributed by atoms with Crippen LogP contribution in [0.5, 0.6) is 0 Å². The molecule has 0 radical (unpaired) electrons. The minimum Gasteiger partial charge on any atom is -0.392 e. The third-order valence-corrected chi connectivity index (χ3v) is 4.26. The van der Waals surface area contributed by atoms with Crippen LogP contribution in [-0.4, -0.2) is 45.6 Å². The maximum atomic E-state index is 12.3. The highest BCUT2D eigenvalue weighted by atomic mass is 79.9. The van der Waals surface area contributed by atoms with Gasteiger partial charge in [-0.2, -0.15) is 0 Å². The van der Waals surface area contributed by atoms with Crippen LogP contribution in [0.15, 0.2) is 47.2 Å². The first-order valence-electron chi connectivity index (χ1n) is 7.62. The summed E-state index contributed by atoms with van der Waals surface area (Å²) < 4.78 is 0.919. The van der Waals surface area contributed by atoms with Crippen molar-refractivity contribution in [3.63, 3.8) is 0 Å². The molecule has 0 spiro atoms. The second-order valence-corrected chi connectivity index (χ2v) is 6.78. The predicted octanol–water partition coefficient (Wildman–Crippen LogP) is 3.45. The van der Waals surface area contributed by atoms with Gasteiger partial charge in [0.05, 0.1) is 6.10 Å². The van der Waals surface area contributed by atoms with E-state index in [4.69, 9.17) is 0 Å². The lowest BCUT2D eigenvalue weighted by Crippen LogP contribution is -2.32. The molecule has 0 bridgehead atoms. The van der Waals surface area contributed by atoms with Gasteiger partial charge in [0.25, 0.3) is 5.91 Å². The van der Waals surface area contributed by atoms with Gasteiger partial charge in [0.1, 0.15) is 5.65 Å². The number of hydrogen-bond acceptors (Lipinski definition) is 3. The van der Waals surface area contributed by atoms with Crippen molar-refractivity contribution in [2.45, 2.75) is 13.0 Å². The smallest absolute Gasteiger partial charge is 0.253 e. The molecular weight excluding hydrogens is 370 g/mol. The number of rotatable bonds is 4. The van der Waals surface area contributed by atoms with E-state index in [1.165, 1.54) is 4.90 Å². The van der Waals surface area contributed by atoms with Gasteiger partial charge in [-0.25, -0.2) is 4.98 Å². The van der Waals surface area contributed by atoms with E-state index in [1.807, 2.05) is 24.4 Å². The maximum Gasteiger partial charge on any atom is 0.253 e. The van der Waals surface area contributed by atoms with Crippen molar-refractivity contribution in [2.24, 2.45) is 0 Å². The van der Waals surface area contributed by atoms with E-state index in [1.54, 1.807) is 32.3 Å². The molecule has 0 fully saturated rings. The van der Waals surface area contributed by atoms with Gasteiger partial charge >= 0.3 is 0 Å². The number of aliphatic hydroxyl groups excluding tert-OH is 1. The minimum absolute atomic E-state index is 0.106. The summed E-state index contributed by atoms with van der Waals surface area (Å²) in [5.41, 5.74) is 3.47. The van der Waals surface area contributed by atoms with E-state index in [9.17, 15) is 9.90 Å². The average molecular weight is 388 g/mol. The maximum absolute atomic E-state index is 12.3. The van der Waals surface area contributed by atoms with Crippen LogP contribution in [0.4, 0.5) is 0 Å². The fourth-order valence-electron chi connectivity index (χ4n) is 2.71. The summed E-state index contributed by atoms with van der Waals surface area (Å²) in [4.78, 5) is 21.3. The van der Waals surface area contributed by atoms with Crippen molar-refractivity contribution in [1.82, 2.24) is 14.9 Å². The molecule has 0 aliphatic carbocycles. The van der Waals surface area contributed by atoms with E-state index in [0.29, 0.717) is 12.1 Å². The highest BCUT2D eigenvalue weighted by Crippen LogP contribution is 2.29. The largest absolute Gasteiger partial charge is 0.392 e. The normalized spacial score (nSPS) is 12.3. The van der Waals surface area contributed by atoms with Crippen molar-refractivity contribution in [3.05, 3.63) is 52.8 Å². The molecule has 1 atom stereocenters. The summed E-state index contributed by atoms with van der Waals surface area (Å²) in [6.45, 7) is 1.97. The Labute approximate surface area is 148 Å². The number of pyridine rings is 1. The van der Waals surface area contributed by atoms with Crippen LogP contribution in [-0.2, 0) is 0 Å². The zero-order valence-electron chi connectivity index (χ0n) is 13.5. The number of benzene rings is 1. The topological polar surface area (TPSA) is 69.2 Å². The molecule has 2 aromatic heterocycles. The monoisotopic (exact) mass is 387 g/mol. The lowest BCUT2D eigenvalue weighted by Gasteiger charge is -2.18. The van der Waals surface area contributed by atoms with Gasteiger partial charge in [-0.3, -0.25) is 4.79 Å². The summed E-state index contributed by atoms with van der Waals surface area (Å²) in [7, 11) is 1.69. The van der Waals surface area contributed by atoms with E-state index in [-0.39, 0.29) is 5.91 Å². The molecule has 2 N–H and O–H groups in total. The van der Waals surface area contributed by atoms with Gasteiger partial charge < -0.3 is 15.0 Å². The predicted molar refractivity (Wildman–Crippen MR) is 97.9 cm³/mol. The van der Waals surface area contributed by atoms with Crippen LogP contribution in [0.1, 0.15) is 17.3 Å². The number of nitrogens with zero attached hydrogens (tertiary/aromatic N) is 2. The number of halogens is 1. The lowest BCUT2D eigenvalue weighted by atomic mass is 10.0. The number of carbonyl (C=O) groups is 1. The molecule has 1 aromatic carbocycles. The first-order chi connectivity index (χ1) is 11.5. The van der Waals surface area contributed by atoms with Gasteiger partial charge in [-0.05, 0) is 46.6 Å². The second-order valence-electron chi connectivity index (χ2n) is 5.86. The molecule has 5 nitrogen and oxygen atoms in total. The molecule has 124 valence electrons. The summed E-state index contributed by atoms with van der Waals surface area (Å²) >= 11 is 3.44. The Morgan fingerprint density at radius 3 is 2.75 bits per heavy atom. The first kappa shape index (κ1) is 16.7. The SMILES string of the molecule is C[C@H](O)CN(C)C(=O)c1ccc(-c2c[nH]c3ncc(Br)cc23)cc1. The van der Waals surface area contributed by atoms with Crippen LogP contribution in [0.2, 0.25) is 0 Å². The van der Waals surface area contributed by atoms with Gasteiger partial charge in [-0.1, -0.05) is 12.1 Å². The van der Waals surface area contributed by atoms with E-state index < -0.39 is 6.10 Å². The summed E-state index contributed by atoms with van der Waals surface area (Å²) in [5.74, 6) is -0.106. The highest BCUT2D eigenvalue weighted by molar-refractivity contribution is 9.10. The minimum atomic E-state index is -0.546. The molecule has 0 unspecified atom stereocenters. The molecule has 3 aromatic rings. The van der Waals surface area contributed by atoms with Crippen LogP contribution < -0.4 is 0 Å². The fraction of sp³-hybridized carbons (Fsp3) is 0.222. The molecule has 0 aliphatic heterocycles. The first-order valence-corrected chi connectivity index (χ1v) is 8.41. The lowest BCUT2D eigenvalue weighted by molar-refractivity contribution is 0.0703. The number of likely N-dealkylation sites (N-methyl/N-ethyl adjacent to an activating group) is 1. The van der Waals surface area contributed by atoms with Crippen LogP contribution >= 0.6 is 15.9 Å². The zero-order chi connectivity index (χ0) is 17.3. The molecule has 3 rings (SSSR count). The highest BCUT2D eigenvalue weighted by Gasteiger charge is 2.14. The third-order valence-electron chi connectivity index (χ3n) is 3.83. The van der Waals surface area contributed by atoms with E-state index >= 15 is 0 Å². The quantitative estimate of drug-likeness (QED) is 0.720. The van der Waals surface area contributed by atoms with Gasteiger partial charge in [0.15, 0.2) is 0 Å². The number of fused-ring (bicyclic) bond motifs is 1. The van der Waals surface area contributed by atoms with Crippen LogP contribution in [0.25, 0.3) is 22.2 Å². The van der Waals surface area contributed by atoms with Gasteiger partial charge in [0.2, 0.25) is 0 Å². The van der Waals surface area contributed by atoms with Crippen molar-refractivity contribution in [1.29, 1.82) is 0 Å². The number of hydrogen-bond donors (Lipinski definition) is 2. The Balaban J connectivity index is 1.89. The third kappa shape index (κ3) is 3.34. The average Bonchev–Trinajstić information content (AvgIpc) is 2.96. The number of H-pyrrole nitrogens is 1. The molecule has 24 heavy (non-hydrogen) atoms. The van der Waals surface area contributed by atoms with Crippen LogP contribution in [0, 0.1) is 0 Å². The zero-order valence-corrected chi connectivity index (χ0v) is 15.0. The molecule has 1 amide bonds. The van der Waals surface area contributed by atoms with Crippen molar-refractivity contribution >= 4 is 32.9 Å². The number of aromatic amines is 1. The summed E-state index contributed by atoms with van der Waals surface area (Å²) in [6.07, 6.45) is 3.12. The molecule has 0 aliphatic rings. The molecular formula is C18H18BrN3O2. The Morgan fingerprint density at radius 2 is 2.08 bits per heavy atom.